The molecule has 0 spiro atoms. The number of aldehydes is 1. The van der Waals surface area contributed by atoms with Crippen LogP contribution < -0.4 is 0 Å². The Labute approximate surface area is 79.7 Å². The molecule has 3 nitrogen and oxygen atoms in total. The number of hydrogen-bond donors (Lipinski definition) is 0. The second-order valence-corrected chi connectivity index (χ2v) is 4.04. The molecule has 2 heterocycles. The fraction of sp³-hybridized carbons (Fsp3) is 0.900. The number of nitrogens with zero attached hydrogens (tertiary/aromatic N) is 2. The fourth-order valence-electron chi connectivity index (χ4n) is 2.42. The Morgan fingerprint density at radius 1 is 0.846 bits per heavy atom. The third kappa shape index (κ3) is 1.92. The maximum Gasteiger partial charge on any atom is 0.151 e. The summed E-state index contributed by atoms with van der Waals surface area (Å²) in [4.78, 5) is 15.6. The monoisotopic (exact) mass is 182 g/mol. The molecule has 13 heavy (non-hydrogen) atoms. The SMILES string of the molecule is O=CC(N1CCCC1)N1CCCC1. The molecular weight excluding hydrogens is 164 g/mol. The topological polar surface area (TPSA) is 23.6 Å². The van der Waals surface area contributed by atoms with Crippen molar-refractivity contribution in [1.29, 1.82) is 0 Å². The Hall–Kier alpha value is -0.410. The lowest BCUT2D eigenvalue weighted by atomic mass is 10.4. The summed E-state index contributed by atoms with van der Waals surface area (Å²) in [6.07, 6.45) is 6.26. The van der Waals surface area contributed by atoms with Gasteiger partial charge in [-0.1, -0.05) is 0 Å². The predicted octanol–water partition coefficient (Wildman–Crippen LogP) is 0.703. The standard InChI is InChI=1S/C10H18N2O/c13-9-10(11-5-1-2-6-11)12-7-3-4-8-12/h9-10H,1-8H2. The van der Waals surface area contributed by atoms with Gasteiger partial charge in [-0.2, -0.15) is 0 Å². The molecule has 0 radical (unpaired) electrons. The van der Waals surface area contributed by atoms with E-state index in [9.17, 15) is 4.79 Å². The summed E-state index contributed by atoms with van der Waals surface area (Å²) in [5, 5.41) is 0. The first-order valence-corrected chi connectivity index (χ1v) is 5.35. The largest absolute Gasteiger partial charge is 0.300 e. The summed E-state index contributed by atoms with van der Waals surface area (Å²) in [6, 6.07) is 0. The van der Waals surface area contributed by atoms with Gasteiger partial charge >= 0.3 is 0 Å². The molecule has 0 aromatic carbocycles. The van der Waals surface area contributed by atoms with Crippen LogP contribution in [0.25, 0.3) is 0 Å². The summed E-state index contributed by atoms with van der Waals surface area (Å²) in [6.45, 7) is 4.44. The fourth-order valence-corrected chi connectivity index (χ4v) is 2.42. The normalized spacial score (nSPS) is 25.9. The van der Waals surface area contributed by atoms with Crippen LogP contribution in [0.4, 0.5) is 0 Å². The van der Waals surface area contributed by atoms with Gasteiger partial charge in [0.05, 0.1) is 0 Å². The molecule has 2 aliphatic heterocycles. The summed E-state index contributed by atoms with van der Waals surface area (Å²) in [7, 11) is 0. The summed E-state index contributed by atoms with van der Waals surface area (Å²) < 4.78 is 0. The zero-order valence-corrected chi connectivity index (χ0v) is 8.11. The van der Waals surface area contributed by atoms with Gasteiger partial charge in [0.15, 0.2) is 6.29 Å². The second-order valence-electron chi connectivity index (χ2n) is 4.04. The van der Waals surface area contributed by atoms with Crippen LogP contribution in [0.1, 0.15) is 25.7 Å². The molecule has 2 rings (SSSR count). The molecule has 2 aliphatic rings. The van der Waals surface area contributed by atoms with E-state index in [2.05, 4.69) is 9.80 Å². The van der Waals surface area contributed by atoms with Gasteiger partial charge in [-0.25, -0.2) is 0 Å². The van der Waals surface area contributed by atoms with Crippen molar-refractivity contribution < 1.29 is 4.79 Å². The number of carbonyl (C=O) groups is 1. The van der Waals surface area contributed by atoms with Crippen molar-refractivity contribution in [2.75, 3.05) is 26.2 Å². The molecule has 2 saturated heterocycles. The van der Waals surface area contributed by atoms with Crippen LogP contribution in [-0.4, -0.2) is 48.4 Å². The maximum absolute atomic E-state index is 11.0. The summed E-state index contributed by atoms with van der Waals surface area (Å²) in [5.41, 5.74) is 0. The van der Waals surface area contributed by atoms with Gasteiger partial charge in [0, 0.05) is 26.2 Å². The molecule has 2 fully saturated rings. The van der Waals surface area contributed by atoms with E-state index >= 15 is 0 Å². The maximum atomic E-state index is 11.0. The molecule has 0 atom stereocenters. The van der Waals surface area contributed by atoms with Crippen LogP contribution in [0, 0.1) is 0 Å². The molecule has 3 heteroatoms. The van der Waals surface area contributed by atoms with E-state index in [0.29, 0.717) is 0 Å². The molecule has 0 aliphatic carbocycles. The predicted molar refractivity (Wildman–Crippen MR) is 51.5 cm³/mol. The highest BCUT2D eigenvalue weighted by atomic mass is 16.1. The Kier molecular flexibility index (Phi) is 2.96. The Bertz CT molecular complexity index is 156. The van der Waals surface area contributed by atoms with Gasteiger partial charge in [0.25, 0.3) is 0 Å². The lowest BCUT2D eigenvalue weighted by Crippen LogP contribution is -2.46. The first kappa shape index (κ1) is 9.16. The molecular formula is C10H18N2O. The van der Waals surface area contributed by atoms with Gasteiger partial charge in [-0.05, 0) is 25.7 Å². The van der Waals surface area contributed by atoms with Crippen molar-refractivity contribution in [3.05, 3.63) is 0 Å². The van der Waals surface area contributed by atoms with Gasteiger partial charge in [-0.15, -0.1) is 0 Å². The summed E-state index contributed by atoms with van der Waals surface area (Å²) >= 11 is 0. The third-order valence-corrected chi connectivity index (χ3v) is 3.15. The van der Waals surface area contributed by atoms with Crippen molar-refractivity contribution in [2.24, 2.45) is 0 Å². The first-order valence-electron chi connectivity index (χ1n) is 5.35. The van der Waals surface area contributed by atoms with E-state index < -0.39 is 0 Å². The highest BCUT2D eigenvalue weighted by molar-refractivity contribution is 5.57. The van der Waals surface area contributed by atoms with Crippen molar-refractivity contribution in [3.63, 3.8) is 0 Å². The molecule has 0 unspecified atom stereocenters. The van der Waals surface area contributed by atoms with E-state index in [4.69, 9.17) is 0 Å². The molecule has 0 bridgehead atoms. The molecule has 0 N–H and O–H groups in total. The van der Waals surface area contributed by atoms with Crippen LogP contribution in [0.3, 0.4) is 0 Å². The average molecular weight is 182 g/mol. The number of rotatable bonds is 3. The van der Waals surface area contributed by atoms with Crippen molar-refractivity contribution in [1.82, 2.24) is 9.80 Å². The molecule has 0 aromatic rings. The lowest BCUT2D eigenvalue weighted by Gasteiger charge is -2.30. The minimum Gasteiger partial charge on any atom is -0.300 e. The number of carbonyl (C=O) groups excluding carboxylic acids is 1. The Balaban J connectivity index is 1.94. The second kappa shape index (κ2) is 4.20. The van der Waals surface area contributed by atoms with Gasteiger partial charge in [-0.3, -0.25) is 9.80 Å². The third-order valence-electron chi connectivity index (χ3n) is 3.15. The van der Waals surface area contributed by atoms with E-state index in [1.807, 2.05) is 0 Å². The minimum absolute atomic E-state index is 0.0880. The van der Waals surface area contributed by atoms with E-state index in [1.165, 1.54) is 25.7 Å². The van der Waals surface area contributed by atoms with Crippen molar-refractivity contribution in [3.8, 4) is 0 Å². The van der Waals surface area contributed by atoms with Crippen LogP contribution in [0.5, 0.6) is 0 Å². The van der Waals surface area contributed by atoms with Gasteiger partial charge in [0.1, 0.15) is 6.17 Å². The highest BCUT2D eigenvalue weighted by Crippen LogP contribution is 2.17. The smallest absolute Gasteiger partial charge is 0.151 e. The number of hydrogen-bond acceptors (Lipinski definition) is 3. The summed E-state index contributed by atoms with van der Waals surface area (Å²) in [5.74, 6) is 0. The zero-order chi connectivity index (χ0) is 9.10. The van der Waals surface area contributed by atoms with Gasteiger partial charge in [0.2, 0.25) is 0 Å². The lowest BCUT2D eigenvalue weighted by molar-refractivity contribution is -0.117. The number of likely N-dealkylation sites (tertiary alicyclic amines) is 2. The minimum atomic E-state index is 0.0880. The van der Waals surface area contributed by atoms with Crippen molar-refractivity contribution in [2.45, 2.75) is 31.8 Å². The average Bonchev–Trinajstić information content (AvgIpc) is 2.76. The van der Waals surface area contributed by atoms with Crippen molar-refractivity contribution >= 4 is 6.29 Å². The molecule has 0 saturated carbocycles. The molecule has 0 aromatic heterocycles. The Morgan fingerprint density at radius 2 is 1.23 bits per heavy atom. The van der Waals surface area contributed by atoms with E-state index in [0.717, 1.165) is 32.5 Å². The van der Waals surface area contributed by atoms with E-state index in [1.54, 1.807) is 0 Å². The van der Waals surface area contributed by atoms with Gasteiger partial charge < -0.3 is 4.79 Å². The molecule has 74 valence electrons. The van der Waals surface area contributed by atoms with Crippen LogP contribution >= 0.6 is 0 Å². The molecule has 0 amide bonds. The van der Waals surface area contributed by atoms with E-state index in [-0.39, 0.29) is 6.17 Å². The van der Waals surface area contributed by atoms with Crippen LogP contribution in [-0.2, 0) is 4.79 Å². The van der Waals surface area contributed by atoms with Crippen LogP contribution in [0.15, 0.2) is 0 Å². The first-order chi connectivity index (χ1) is 6.42. The zero-order valence-electron chi connectivity index (χ0n) is 8.11. The Morgan fingerprint density at radius 3 is 1.54 bits per heavy atom. The quantitative estimate of drug-likeness (QED) is 0.600. The van der Waals surface area contributed by atoms with Crippen LogP contribution in [0.2, 0.25) is 0 Å². The highest BCUT2D eigenvalue weighted by Gasteiger charge is 2.28.